The Morgan fingerprint density at radius 1 is 1.62 bits per heavy atom. The van der Waals surface area contributed by atoms with Gasteiger partial charge in [0.15, 0.2) is 0 Å². The van der Waals surface area contributed by atoms with Crippen molar-refractivity contribution < 1.29 is 44.2 Å². The molecule has 0 rings (SSSR count). The van der Waals surface area contributed by atoms with Crippen LogP contribution in [-0.4, -0.2) is 5.75 Å². The summed E-state index contributed by atoms with van der Waals surface area (Å²) in [6, 6.07) is 0. The van der Waals surface area contributed by atoms with Crippen molar-refractivity contribution in [3.63, 3.8) is 0 Å². The predicted octanol–water partition coefficient (Wildman–Crippen LogP) is -2.73. The van der Waals surface area contributed by atoms with E-state index in [-0.39, 0.29) is 29.6 Å². The second-order valence-corrected chi connectivity index (χ2v) is 1.74. The first-order valence-corrected chi connectivity index (χ1v) is 2.91. The van der Waals surface area contributed by atoms with Crippen LogP contribution >= 0.6 is 12.0 Å². The van der Waals surface area contributed by atoms with Crippen LogP contribution in [0.4, 0.5) is 0 Å². The SMILES string of the molecule is CCCSOO[O-].[Na+]. The van der Waals surface area contributed by atoms with Gasteiger partial charge in [0.2, 0.25) is 0 Å². The smallest absolute Gasteiger partial charge is 0.691 e. The zero-order valence-corrected chi connectivity index (χ0v) is 7.86. The van der Waals surface area contributed by atoms with Crippen molar-refractivity contribution in [3.8, 4) is 0 Å². The van der Waals surface area contributed by atoms with Crippen molar-refractivity contribution >= 4 is 12.0 Å². The average molecular weight is 146 g/mol. The van der Waals surface area contributed by atoms with Gasteiger partial charge in [0.05, 0.1) is 0 Å². The third-order valence-electron chi connectivity index (χ3n) is 0.363. The van der Waals surface area contributed by atoms with Crippen LogP contribution in [0.5, 0.6) is 0 Å². The third-order valence-corrected chi connectivity index (χ3v) is 1.09. The van der Waals surface area contributed by atoms with Gasteiger partial charge in [0, 0.05) is 17.8 Å². The fourth-order valence-corrected chi connectivity index (χ4v) is 0.411. The molecule has 5 heteroatoms. The molecule has 0 aliphatic heterocycles. The summed E-state index contributed by atoms with van der Waals surface area (Å²) in [6.45, 7) is 1.99. The summed E-state index contributed by atoms with van der Waals surface area (Å²) >= 11 is 1.02. The minimum absolute atomic E-state index is 0. The molecule has 0 spiro atoms. The van der Waals surface area contributed by atoms with Gasteiger partial charge in [-0.25, -0.2) is 0 Å². The molecule has 3 nitrogen and oxygen atoms in total. The Hall–Kier alpha value is 1.23. The zero-order chi connectivity index (χ0) is 5.54. The first kappa shape index (κ1) is 12.0. The van der Waals surface area contributed by atoms with E-state index in [4.69, 9.17) is 5.26 Å². The van der Waals surface area contributed by atoms with Crippen molar-refractivity contribution in [1.82, 2.24) is 0 Å². The van der Waals surface area contributed by atoms with E-state index in [1.54, 1.807) is 0 Å². The Bertz CT molecular complexity index is 33.7. The molecule has 0 radical (unpaired) electrons. The Balaban J connectivity index is 0. The van der Waals surface area contributed by atoms with Crippen LogP contribution in [0.1, 0.15) is 13.3 Å². The van der Waals surface area contributed by atoms with Gasteiger partial charge in [-0.05, 0) is 6.42 Å². The average Bonchev–Trinajstić information content (AvgIpc) is 1.69. The second-order valence-electron chi connectivity index (χ2n) is 0.958. The van der Waals surface area contributed by atoms with Crippen LogP contribution in [-0.2, 0) is 9.37 Å². The van der Waals surface area contributed by atoms with E-state index < -0.39 is 0 Å². The van der Waals surface area contributed by atoms with Gasteiger partial charge in [0.1, 0.15) is 0 Å². The van der Waals surface area contributed by atoms with Gasteiger partial charge < -0.3 is 5.26 Å². The summed E-state index contributed by atoms with van der Waals surface area (Å²) in [4.78, 5) is 0. The Kier molecular flexibility index (Phi) is 16.6. The Morgan fingerprint density at radius 2 is 2.25 bits per heavy atom. The monoisotopic (exact) mass is 146 g/mol. The minimum Gasteiger partial charge on any atom is -0.691 e. The molecule has 0 saturated carbocycles. The zero-order valence-electron chi connectivity index (χ0n) is 5.05. The van der Waals surface area contributed by atoms with E-state index in [9.17, 15) is 0 Å². The standard InChI is InChI=1S/C3H8O3S.Na/c1-2-3-7-6-5-4;/h4H,2-3H2,1H3;/q;+1/p-1. The molecule has 0 atom stereocenters. The fourth-order valence-electron chi connectivity index (χ4n) is 0.137. The predicted molar refractivity (Wildman–Crippen MR) is 24.9 cm³/mol. The molecule has 0 unspecified atom stereocenters. The molecular formula is C3H7NaO3S. The molecule has 0 aromatic rings. The van der Waals surface area contributed by atoms with E-state index >= 15 is 0 Å². The van der Waals surface area contributed by atoms with E-state index in [2.05, 4.69) is 9.37 Å². The van der Waals surface area contributed by atoms with Gasteiger partial charge in [-0.3, -0.25) is 5.04 Å². The van der Waals surface area contributed by atoms with E-state index in [0.29, 0.717) is 0 Å². The maximum Gasteiger partial charge on any atom is 1.00 e. The van der Waals surface area contributed by atoms with Gasteiger partial charge in [-0.2, -0.15) is 4.33 Å². The van der Waals surface area contributed by atoms with Crippen LogP contribution in [0, 0.1) is 0 Å². The van der Waals surface area contributed by atoms with E-state index in [0.717, 1.165) is 24.2 Å². The number of hydrogen-bond donors (Lipinski definition) is 0. The summed E-state index contributed by atoms with van der Waals surface area (Å²) in [5.41, 5.74) is 0. The summed E-state index contributed by atoms with van der Waals surface area (Å²) in [6.07, 6.45) is 0.980. The maximum atomic E-state index is 9.06. The molecule has 0 N–H and O–H groups in total. The number of hydrogen-bond acceptors (Lipinski definition) is 4. The topological polar surface area (TPSA) is 41.5 Å². The fraction of sp³-hybridized carbons (Fsp3) is 1.00. The molecule has 0 heterocycles. The Labute approximate surface area is 75.1 Å². The van der Waals surface area contributed by atoms with Gasteiger partial charge >= 0.3 is 29.6 Å². The van der Waals surface area contributed by atoms with Crippen LogP contribution < -0.4 is 34.8 Å². The Morgan fingerprint density at radius 3 is 2.62 bits per heavy atom. The molecule has 0 aromatic heterocycles. The molecule has 44 valence electrons. The molecule has 8 heavy (non-hydrogen) atoms. The van der Waals surface area contributed by atoms with E-state index in [1.165, 1.54) is 0 Å². The van der Waals surface area contributed by atoms with Crippen LogP contribution in [0.25, 0.3) is 0 Å². The van der Waals surface area contributed by atoms with Crippen molar-refractivity contribution in [2.75, 3.05) is 5.75 Å². The quantitative estimate of drug-likeness (QED) is 0.142. The second kappa shape index (κ2) is 11.1. The first-order chi connectivity index (χ1) is 3.41. The summed E-state index contributed by atoms with van der Waals surface area (Å²) in [5.74, 6) is 0.794. The molecule has 0 aliphatic rings. The molecule has 0 aromatic carbocycles. The van der Waals surface area contributed by atoms with E-state index in [1.807, 2.05) is 6.92 Å². The largest absolute Gasteiger partial charge is 1.00 e. The molecule has 0 fully saturated rings. The molecule has 0 aliphatic carbocycles. The normalized spacial score (nSPS) is 8.25. The van der Waals surface area contributed by atoms with Crippen LogP contribution in [0.15, 0.2) is 0 Å². The van der Waals surface area contributed by atoms with Crippen molar-refractivity contribution in [2.24, 2.45) is 0 Å². The summed E-state index contributed by atoms with van der Waals surface area (Å²) in [5, 5.41) is 12.1. The first-order valence-electron chi connectivity index (χ1n) is 2.00. The van der Waals surface area contributed by atoms with Crippen molar-refractivity contribution in [2.45, 2.75) is 13.3 Å². The van der Waals surface area contributed by atoms with Gasteiger partial charge in [-0.1, -0.05) is 6.92 Å². The molecule has 0 bridgehead atoms. The van der Waals surface area contributed by atoms with Crippen molar-refractivity contribution in [1.29, 1.82) is 0 Å². The maximum absolute atomic E-state index is 9.06. The number of rotatable bonds is 4. The summed E-state index contributed by atoms with van der Waals surface area (Å²) < 4.78 is 3.94. The van der Waals surface area contributed by atoms with Crippen LogP contribution in [0.2, 0.25) is 0 Å². The molecule has 0 saturated heterocycles. The minimum atomic E-state index is 0. The molecule has 0 amide bonds. The van der Waals surface area contributed by atoms with Gasteiger partial charge in [-0.15, -0.1) is 0 Å². The van der Waals surface area contributed by atoms with Crippen molar-refractivity contribution in [3.05, 3.63) is 0 Å². The van der Waals surface area contributed by atoms with Crippen LogP contribution in [0.3, 0.4) is 0 Å². The van der Waals surface area contributed by atoms with Gasteiger partial charge in [0.25, 0.3) is 0 Å². The third kappa shape index (κ3) is 10.3. The summed E-state index contributed by atoms with van der Waals surface area (Å²) in [7, 11) is 0. The molecular weight excluding hydrogens is 139 g/mol.